The number of aliphatic carboxylic acids is 1. The first-order valence-electron chi connectivity index (χ1n) is 20.1. The van der Waals surface area contributed by atoms with Crippen molar-refractivity contribution in [2.24, 2.45) is 0 Å². The zero-order valence-corrected chi connectivity index (χ0v) is 38.5. The molecule has 29 nitrogen and oxygen atoms in total. The number of carboxylic acids is 1. The van der Waals surface area contributed by atoms with Gasteiger partial charge in [0.25, 0.3) is 0 Å². The van der Waals surface area contributed by atoms with Crippen molar-refractivity contribution in [1.29, 1.82) is 0 Å². The number of aromatic nitrogens is 12. The fourth-order valence-corrected chi connectivity index (χ4v) is 11.0. The molecule has 3 aliphatic heterocycles. The number of nitrogens with zero attached hydrogens (tertiary/aromatic N) is 12. The van der Waals surface area contributed by atoms with Crippen molar-refractivity contribution in [3.8, 4) is 0 Å². The van der Waals surface area contributed by atoms with E-state index in [2.05, 4.69) is 44.9 Å². The second-order valence-corrected chi connectivity index (χ2v) is 20.1. The van der Waals surface area contributed by atoms with Crippen LogP contribution in [0.5, 0.6) is 0 Å². The Bertz CT molecular complexity index is 2850. The summed E-state index contributed by atoms with van der Waals surface area (Å²) in [6.07, 6.45) is -5.72. The van der Waals surface area contributed by atoms with Gasteiger partial charge in [-0.15, -0.1) is 0 Å². The van der Waals surface area contributed by atoms with Gasteiger partial charge in [0.2, 0.25) is 0 Å². The quantitative estimate of drug-likeness (QED) is 0.0512. The Morgan fingerprint density at radius 2 is 1.18 bits per heavy atom. The van der Waals surface area contributed by atoms with Crippen LogP contribution in [0.2, 0.25) is 0 Å². The number of imidazole rings is 3. The molecule has 3 saturated heterocycles. The lowest BCUT2D eigenvalue weighted by Crippen LogP contribution is -2.37. The highest BCUT2D eigenvalue weighted by Gasteiger charge is 2.52. The van der Waals surface area contributed by atoms with E-state index in [4.69, 9.17) is 82.6 Å². The van der Waals surface area contributed by atoms with E-state index in [-0.39, 0.29) is 70.4 Å². The number of anilines is 3. The molecule has 0 aromatic carbocycles. The third-order valence-corrected chi connectivity index (χ3v) is 14.4. The molecule has 3 aliphatic rings. The number of nitrogens with two attached hydrogens (primary N) is 3. The van der Waals surface area contributed by atoms with Crippen LogP contribution < -0.4 is 17.2 Å². The number of aliphatic hydroxyl groups is 2. The summed E-state index contributed by atoms with van der Waals surface area (Å²) in [6.45, 7) is -5.03. The molecule has 33 heteroatoms. The third-order valence-electron chi connectivity index (χ3n) is 11.3. The molecule has 0 saturated carbocycles. The van der Waals surface area contributed by atoms with Gasteiger partial charge in [0.05, 0.1) is 38.3 Å². The molecule has 14 atom stereocenters. The second kappa shape index (κ2) is 19.4. The molecule has 3 fully saturated rings. The predicted molar refractivity (Wildman–Crippen MR) is 235 cm³/mol. The molecule has 6 aromatic rings. The standard InChI is InChI=1S/C34H43N15O14P2S2/c1-55-22-13(3-4-16(50)51)59-34(49-12-46-19-28(37)40-9-43-31(19)49)25(22)63-65(54,67)58-6-15-23(56-2)24(33(61-15)48-11-45-18-27(36)39-8-42-30(18)48)62-64(66)57-5-14-20(52)21(53)32(60-14)47-10-44-17-26(35)38-7-41-29(17)47/h7-15,20-25,32-34,52-53,64H,3-6H2,1-2H3,(H,50,51)(H,54,67)(H2,35,38,41)(H2,36,39,42)(H2,37,40,43)/t13-,14-,15-,20-,21-,22-,23-,24-,25-,32-,33-,34-,65-/m1/s1. The second-order valence-electron chi connectivity index (χ2n) is 15.2. The number of rotatable bonds is 18. The van der Waals surface area contributed by atoms with Crippen LogP contribution in [0.4, 0.5) is 17.5 Å². The SMILES string of the molecule is CO[C@H]1[C@@H](O[PH](=S)OC[C@H]2O[C@@H](n3cnc4c(N)ncnc43)[C@H](O)[C@@H]2O)[C@H](n2cnc3c(N)ncnc32)O[C@@H]1CO[P@@](O)(=S)O[C@@H]1[C@H](OC)[C@@H](CCC(=O)O)O[C@H]1n1cnc2c(N)ncnc21. The van der Waals surface area contributed by atoms with Crippen molar-refractivity contribution < 1.29 is 66.8 Å². The first-order chi connectivity index (χ1) is 32.2. The maximum absolute atomic E-state index is 11.7. The van der Waals surface area contributed by atoms with Gasteiger partial charge in [-0.3, -0.25) is 23.0 Å². The highest BCUT2D eigenvalue weighted by atomic mass is 32.5. The summed E-state index contributed by atoms with van der Waals surface area (Å²) in [6, 6.07) is 0. The van der Waals surface area contributed by atoms with Crippen LogP contribution in [0.1, 0.15) is 31.5 Å². The van der Waals surface area contributed by atoms with E-state index in [0.29, 0.717) is 0 Å². The summed E-state index contributed by atoms with van der Waals surface area (Å²) >= 11 is 11.3. The molecule has 10 N–H and O–H groups in total. The van der Waals surface area contributed by atoms with Gasteiger partial charge in [-0.2, -0.15) is 0 Å². The van der Waals surface area contributed by atoms with Gasteiger partial charge in [-0.25, -0.2) is 44.9 Å². The maximum atomic E-state index is 11.7. The Balaban J connectivity index is 0.923. The van der Waals surface area contributed by atoms with Crippen LogP contribution in [0.3, 0.4) is 0 Å². The fourth-order valence-electron chi connectivity index (χ4n) is 8.22. The third kappa shape index (κ3) is 9.19. The van der Waals surface area contributed by atoms with Crippen LogP contribution >= 0.6 is 13.9 Å². The summed E-state index contributed by atoms with van der Waals surface area (Å²) in [7, 11) is 0.0656. The van der Waals surface area contributed by atoms with Crippen LogP contribution in [-0.2, 0) is 70.2 Å². The lowest BCUT2D eigenvalue weighted by molar-refractivity contribution is -0.138. The van der Waals surface area contributed by atoms with Crippen molar-refractivity contribution in [3.63, 3.8) is 0 Å². The van der Waals surface area contributed by atoms with E-state index in [9.17, 15) is 25.0 Å². The van der Waals surface area contributed by atoms with Gasteiger partial charge in [0.1, 0.15) is 84.4 Å². The number of methoxy groups -OCH3 is 2. The fraction of sp³-hybridized carbons (Fsp3) is 0.529. The van der Waals surface area contributed by atoms with Gasteiger partial charge in [0.15, 0.2) is 60.2 Å². The lowest BCUT2D eigenvalue weighted by Gasteiger charge is -2.28. The number of hydrogen-bond acceptors (Lipinski definition) is 26. The van der Waals surface area contributed by atoms with Gasteiger partial charge in [-0.1, -0.05) is 0 Å². The van der Waals surface area contributed by atoms with E-state index >= 15 is 0 Å². The van der Waals surface area contributed by atoms with E-state index in [1.165, 1.54) is 65.9 Å². The average Bonchev–Trinajstić information content (AvgIpc) is 4.16. The van der Waals surface area contributed by atoms with Crippen LogP contribution in [-0.4, -0.2) is 167 Å². The monoisotopic (exact) mass is 1010 g/mol. The number of carbonyl (C=O) groups is 1. The number of ether oxygens (including phenoxy) is 5. The zero-order chi connectivity index (χ0) is 47.3. The van der Waals surface area contributed by atoms with Gasteiger partial charge >= 0.3 is 12.7 Å². The number of nitrogen functional groups attached to an aromatic ring is 3. The highest BCUT2D eigenvalue weighted by Crippen LogP contribution is 2.52. The maximum Gasteiger partial charge on any atom is 0.325 e. The van der Waals surface area contributed by atoms with Crippen LogP contribution in [0.25, 0.3) is 33.5 Å². The first-order valence-corrected chi connectivity index (χ1v) is 25.1. The molecule has 1 unspecified atom stereocenters. The summed E-state index contributed by atoms with van der Waals surface area (Å²) in [5.41, 5.74) is 19.7. The Morgan fingerprint density at radius 3 is 1.70 bits per heavy atom. The molecule has 67 heavy (non-hydrogen) atoms. The Hall–Kier alpha value is -4.66. The van der Waals surface area contributed by atoms with Crippen molar-refractivity contribution >= 4 is 94.4 Å². The minimum atomic E-state index is -4.28. The molecule has 0 spiro atoms. The molecular formula is C34H43N15O14P2S2. The van der Waals surface area contributed by atoms with E-state index in [1.807, 2.05) is 0 Å². The number of aliphatic hydroxyl groups excluding tert-OH is 2. The zero-order valence-electron chi connectivity index (χ0n) is 35.0. The Morgan fingerprint density at radius 1 is 0.701 bits per heavy atom. The molecular weight excluding hydrogens is 969 g/mol. The largest absolute Gasteiger partial charge is 0.481 e. The number of carboxylic acid groups (broad SMARTS) is 1. The molecule has 0 aliphatic carbocycles. The summed E-state index contributed by atoms with van der Waals surface area (Å²) in [5, 5.41) is 31.4. The van der Waals surface area contributed by atoms with Crippen molar-refractivity contribution in [1.82, 2.24) is 58.6 Å². The van der Waals surface area contributed by atoms with E-state index in [0.717, 1.165) is 0 Å². The minimum Gasteiger partial charge on any atom is -0.481 e. The topological polar surface area (TPSA) is 390 Å². The molecule has 360 valence electrons. The molecule has 0 radical (unpaired) electrons. The van der Waals surface area contributed by atoms with Gasteiger partial charge in [0, 0.05) is 20.6 Å². The van der Waals surface area contributed by atoms with Crippen molar-refractivity contribution in [3.05, 3.63) is 38.0 Å². The first kappa shape index (κ1) is 47.4. The molecule has 0 bridgehead atoms. The van der Waals surface area contributed by atoms with E-state index < -0.39 is 100 Å². The van der Waals surface area contributed by atoms with E-state index in [1.54, 1.807) is 0 Å². The molecule has 9 rings (SSSR count). The minimum absolute atomic E-state index is 0.0121. The highest BCUT2D eigenvalue weighted by molar-refractivity contribution is 8.07. The van der Waals surface area contributed by atoms with Crippen molar-refractivity contribution in [2.75, 3.05) is 44.6 Å². The smallest absolute Gasteiger partial charge is 0.325 e. The summed E-state index contributed by atoms with van der Waals surface area (Å²) in [5.74, 6) is -0.750. The van der Waals surface area contributed by atoms with Gasteiger partial charge in [-0.05, 0) is 30.0 Å². The summed E-state index contributed by atoms with van der Waals surface area (Å²) in [4.78, 5) is 60.9. The number of hydrogen-bond donors (Lipinski definition) is 7. The normalized spacial score (nSPS) is 30.2. The Kier molecular flexibility index (Phi) is 13.7. The van der Waals surface area contributed by atoms with Crippen molar-refractivity contribution in [2.45, 2.75) is 86.5 Å². The average molecular weight is 1010 g/mol. The van der Waals surface area contributed by atoms with Gasteiger partial charge < -0.3 is 74.7 Å². The van der Waals surface area contributed by atoms with Crippen LogP contribution in [0, 0.1) is 0 Å². The lowest BCUT2D eigenvalue weighted by atomic mass is 10.1. The van der Waals surface area contributed by atoms with Crippen LogP contribution in [0.15, 0.2) is 38.0 Å². The molecule has 0 amide bonds. The molecule has 9 heterocycles. The predicted octanol–water partition coefficient (Wildman–Crippen LogP) is -0.912. The summed E-state index contributed by atoms with van der Waals surface area (Å²) < 4.78 is 59.4. The number of fused-ring (bicyclic) bond motifs is 3. The molecule has 6 aromatic heterocycles. The Labute approximate surface area is 387 Å².